The van der Waals surface area contributed by atoms with E-state index in [0.717, 1.165) is 42.7 Å². The van der Waals surface area contributed by atoms with E-state index in [-0.39, 0.29) is 0 Å². The fraction of sp³-hybridized carbons (Fsp3) is 0.500. The molecule has 0 N–H and O–H groups in total. The lowest BCUT2D eigenvalue weighted by Crippen LogP contribution is -2.32. The number of nitrogens with zero attached hydrogens (tertiary/aromatic N) is 2. The highest BCUT2D eigenvalue weighted by molar-refractivity contribution is 9.10. The molecule has 1 fully saturated rings. The molecule has 0 saturated carbocycles. The Balaban J connectivity index is 2.21. The number of halogens is 1. The number of likely N-dealkylation sites (N-methyl/N-ethyl adjacent to an activating group) is 1. The molecule has 1 aliphatic heterocycles. The molecule has 4 heteroatoms. The van der Waals surface area contributed by atoms with Gasteiger partial charge in [-0.2, -0.15) is 5.26 Å². The van der Waals surface area contributed by atoms with Crippen LogP contribution in [0, 0.1) is 11.3 Å². The van der Waals surface area contributed by atoms with Gasteiger partial charge in [-0.3, -0.25) is 0 Å². The average Bonchev–Trinajstić information content (AvgIpc) is 2.88. The maximum atomic E-state index is 9.27. The Morgan fingerprint density at radius 2 is 2.39 bits per heavy atom. The molecule has 0 spiro atoms. The number of nitriles is 1. The Kier molecular flexibility index (Phi) is 4.62. The normalized spacial score (nSPS) is 18.6. The molecule has 0 aliphatic carbocycles. The van der Waals surface area contributed by atoms with Crippen molar-refractivity contribution in [2.75, 3.05) is 24.6 Å². The summed E-state index contributed by atoms with van der Waals surface area (Å²) in [7, 11) is 0. The third kappa shape index (κ3) is 2.85. The van der Waals surface area contributed by atoms with Crippen LogP contribution < -0.4 is 4.90 Å². The van der Waals surface area contributed by atoms with Crippen LogP contribution in [0.4, 0.5) is 5.69 Å². The molecule has 0 amide bonds. The van der Waals surface area contributed by atoms with E-state index in [9.17, 15) is 5.26 Å². The average molecular weight is 309 g/mol. The lowest BCUT2D eigenvalue weighted by molar-refractivity contribution is 0.115. The molecular weight excluding hydrogens is 292 g/mol. The van der Waals surface area contributed by atoms with Gasteiger partial charge in [-0.15, -0.1) is 0 Å². The second-order valence-corrected chi connectivity index (χ2v) is 5.27. The number of hydrogen-bond acceptors (Lipinski definition) is 3. The van der Waals surface area contributed by atoms with Crippen molar-refractivity contribution in [1.29, 1.82) is 5.26 Å². The van der Waals surface area contributed by atoms with Gasteiger partial charge in [0.1, 0.15) is 6.07 Å². The van der Waals surface area contributed by atoms with Crippen LogP contribution in [0.25, 0.3) is 0 Å². The highest BCUT2D eigenvalue weighted by Crippen LogP contribution is 2.28. The van der Waals surface area contributed by atoms with Crippen LogP contribution in [0.1, 0.15) is 25.3 Å². The minimum atomic E-state index is 0.301. The van der Waals surface area contributed by atoms with E-state index in [0.29, 0.717) is 11.7 Å². The van der Waals surface area contributed by atoms with Crippen molar-refractivity contribution in [3.8, 4) is 6.07 Å². The molecule has 1 aliphatic rings. The molecule has 1 aromatic rings. The molecule has 0 aromatic heterocycles. The van der Waals surface area contributed by atoms with E-state index in [1.807, 2.05) is 18.2 Å². The van der Waals surface area contributed by atoms with Gasteiger partial charge in [0.15, 0.2) is 0 Å². The fourth-order valence-electron chi connectivity index (χ4n) is 2.32. The second-order valence-electron chi connectivity index (χ2n) is 4.42. The Morgan fingerprint density at radius 1 is 1.56 bits per heavy atom. The Hall–Kier alpha value is -1.05. The Labute approximate surface area is 116 Å². The summed E-state index contributed by atoms with van der Waals surface area (Å²) in [6.45, 7) is 4.72. The highest BCUT2D eigenvalue weighted by atomic mass is 79.9. The molecule has 1 heterocycles. The van der Waals surface area contributed by atoms with E-state index < -0.39 is 0 Å². The van der Waals surface area contributed by atoms with Crippen LogP contribution in [0.15, 0.2) is 22.7 Å². The van der Waals surface area contributed by atoms with Crippen molar-refractivity contribution in [2.45, 2.75) is 25.9 Å². The van der Waals surface area contributed by atoms with Crippen LogP contribution in [0.3, 0.4) is 0 Å². The third-order valence-electron chi connectivity index (χ3n) is 3.27. The summed E-state index contributed by atoms with van der Waals surface area (Å²) in [5.74, 6) is 0. The largest absolute Gasteiger partial charge is 0.376 e. The molecule has 0 radical (unpaired) electrons. The zero-order chi connectivity index (χ0) is 13.0. The molecule has 1 saturated heterocycles. The molecule has 96 valence electrons. The van der Waals surface area contributed by atoms with Gasteiger partial charge < -0.3 is 9.64 Å². The first-order chi connectivity index (χ1) is 8.76. The zero-order valence-electron chi connectivity index (χ0n) is 10.5. The SMILES string of the molecule is CCN(CC1CCCO1)c1cccc(Br)c1C#N. The van der Waals surface area contributed by atoms with Gasteiger partial charge in [0.05, 0.1) is 17.4 Å². The predicted octanol–water partition coefficient (Wildman–Crippen LogP) is 3.33. The Morgan fingerprint density at radius 3 is 3.00 bits per heavy atom. The van der Waals surface area contributed by atoms with Gasteiger partial charge in [0.25, 0.3) is 0 Å². The first-order valence-corrected chi connectivity index (χ1v) is 7.10. The first kappa shape index (κ1) is 13.4. The summed E-state index contributed by atoms with van der Waals surface area (Å²) in [5, 5.41) is 9.27. The maximum absolute atomic E-state index is 9.27. The summed E-state index contributed by atoms with van der Waals surface area (Å²) >= 11 is 3.44. The van der Waals surface area contributed by atoms with Crippen molar-refractivity contribution < 1.29 is 4.74 Å². The van der Waals surface area contributed by atoms with E-state index in [4.69, 9.17) is 4.74 Å². The van der Waals surface area contributed by atoms with Crippen LogP contribution >= 0.6 is 15.9 Å². The van der Waals surface area contributed by atoms with E-state index >= 15 is 0 Å². The summed E-state index contributed by atoms with van der Waals surface area (Å²) in [4.78, 5) is 2.22. The van der Waals surface area contributed by atoms with Crippen molar-refractivity contribution in [3.05, 3.63) is 28.2 Å². The van der Waals surface area contributed by atoms with E-state index in [2.05, 4.69) is 33.8 Å². The smallest absolute Gasteiger partial charge is 0.103 e. The standard InChI is InChI=1S/C14H17BrN2O/c1-2-17(10-11-5-4-8-18-11)14-7-3-6-13(15)12(14)9-16/h3,6-7,11H,2,4-5,8,10H2,1H3. The van der Waals surface area contributed by atoms with Crippen LogP contribution in [0.2, 0.25) is 0 Å². The van der Waals surface area contributed by atoms with Crippen molar-refractivity contribution in [3.63, 3.8) is 0 Å². The van der Waals surface area contributed by atoms with Gasteiger partial charge in [0, 0.05) is 24.2 Å². The van der Waals surface area contributed by atoms with Crippen LogP contribution in [-0.2, 0) is 4.74 Å². The summed E-state index contributed by atoms with van der Waals surface area (Å²) in [5.41, 5.74) is 1.70. The summed E-state index contributed by atoms with van der Waals surface area (Å²) in [6.07, 6.45) is 2.56. The molecule has 2 rings (SSSR count). The topological polar surface area (TPSA) is 36.3 Å². The Bertz CT molecular complexity index is 450. The van der Waals surface area contributed by atoms with E-state index in [1.165, 1.54) is 0 Å². The van der Waals surface area contributed by atoms with Crippen molar-refractivity contribution >= 4 is 21.6 Å². The maximum Gasteiger partial charge on any atom is 0.103 e. The van der Waals surface area contributed by atoms with E-state index in [1.54, 1.807) is 0 Å². The number of rotatable bonds is 4. The quantitative estimate of drug-likeness (QED) is 0.856. The van der Waals surface area contributed by atoms with Gasteiger partial charge in [0.2, 0.25) is 0 Å². The van der Waals surface area contributed by atoms with Gasteiger partial charge in [-0.1, -0.05) is 6.07 Å². The molecule has 1 atom stereocenters. The fourth-order valence-corrected chi connectivity index (χ4v) is 2.76. The molecule has 1 aromatic carbocycles. The number of ether oxygens (including phenoxy) is 1. The lowest BCUT2D eigenvalue weighted by Gasteiger charge is -2.27. The van der Waals surface area contributed by atoms with Gasteiger partial charge in [-0.25, -0.2) is 0 Å². The van der Waals surface area contributed by atoms with Crippen LogP contribution in [0.5, 0.6) is 0 Å². The predicted molar refractivity (Wildman–Crippen MR) is 75.7 cm³/mol. The zero-order valence-corrected chi connectivity index (χ0v) is 12.1. The molecule has 18 heavy (non-hydrogen) atoms. The highest BCUT2D eigenvalue weighted by Gasteiger charge is 2.20. The number of benzene rings is 1. The van der Waals surface area contributed by atoms with Gasteiger partial charge >= 0.3 is 0 Å². The molecule has 0 bridgehead atoms. The monoisotopic (exact) mass is 308 g/mol. The summed E-state index contributed by atoms with van der Waals surface area (Å²) < 4.78 is 6.53. The minimum Gasteiger partial charge on any atom is -0.376 e. The minimum absolute atomic E-state index is 0.301. The third-order valence-corrected chi connectivity index (χ3v) is 3.93. The molecular formula is C14H17BrN2O. The van der Waals surface area contributed by atoms with Crippen LogP contribution in [-0.4, -0.2) is 25.8 Å². The van der Waals surface area contributed by atoms with Gasteiger partial charge in [-0.05, 0) is 47.8 Å². The summed E-state index contributed by atoms with van der Waals surface area (Å²) in [6, 6.07) is 8.15. The molecule has 1 unspecified atom stereocenters. The number of anilines is 1. The number of hydrogen-bond donors (Lipinski definition) is 0. The lowest BCUT2D eigenvalue weighted by atomic mass is 10.1. The molecule has 3 nitrogen and oxygen atoms in total. The first-order valence-electron chi connectivity index (χ1n) is 6.31. The van der Waals surface area contributed by atoms with Crippen molar-refractivity contribution in [2.24, 2.45) is 0 Å². The second kappa shape index (κ2) is 6.21. The van der Waals surface area contributed by atoms with Crippen molar-refractivity contribution in [1.82, 2.24) is 0 Å².